The van der Waals surface area contributed by atoms with Crippen LogP contribution in [0, 0.1) is 0 Å². The molecule has 4 nitrogen and oxygen atoms in total. The molecule has 1 aromatic carbocycles. The molecule has 0 spiro atoms. The fourth-order valence-electron chi connectivity index (χ4n) is 1.52. The molecular formula is C14H19O4P. The molecular weight excluding hydrogens is 263 g/mol. The van der Waals surface area contributed by atoms with Crippen LogP contribution >= 0.6 is 7.60 Å². The first-order valence-corrected chi connectivity index (χ1v) is 7.96. The van der Waals surface area contributed by atoms with Crippen LogP contribution in [0.4, 0.5) is 0 Å². The minimum atomic E-state index is -3.30. The van der Waals surface area contributed by atoms with Gasteiger partial charge in [0.25, 0.3) is 0 Å². The summed E-state index contributed by atoms with van der Waals surface area (Å²) in [4.78, 5) is 11.8. The fourth-order valence-corrected chi connectivity index (χ4v) is 3.05. The molecule has 5 heteroatoms. The molecule has 0 radical (unpaired) electrons. The number of carbonyl (C=O) groups is 1. The minimum Gasteiger partial charge on any atom is -0.309 e. The molecule has 104 valence electrons. The van der Waals surface area contributed by atoms with E-state index in [2.05, 4.69) is 0 Å². The number of carbonyl (C=O) groups excluding carboxylic acids is 1. The van der Waals surface area contributed by atoms with Gasteiger partial charge in [0.1, 0.15) is 6.16 Å². The van der Waals surface area contributed by atoms with Crippen molar-refractivity contribution in [1.82, 2.24) is 0 Å². The average Bonchev–Trinajstić information content (AvgIpc) is 2.38. The Balaban J connectivity index is 2.63. The molecule has 0 saturated carbocycles. The summed E-state index contributed by atoms with van der Waals surface area (Å²) in [6, 6.07) is 9.44. The summed E-state index contributed by atoms with van der Waals surface area (Å²) < 4.78 is 22.3. The molecule has 1 aromatic rings. The normalized spacial score (nSPS) is 11.9. The summed E-state index contributed by atoms with van der Waals surface area (Å²) in [6.07, 6.45) is 2.86. The van der Waals surface area contributed by atoms with Gasteiger partial charge >= 0.3 is 7.60 Å². The second kappa shape index (κ2) is 8.05. The summed E-state index contributed by atoms with van der Waals surface area (Å²) >= 11 is 0. The smallest absolute Gasteiger partial charge is 0.309 e. The van der Waals surface area contributed by atoms with E-state index in [1.807, 2.05) is 30.3 Å². The van der Waals surface area contributed by atoms with E-state index < -0.39 is 7.60 Å². The van der Waals surface area contributed by atoms with Crippen molar-refractivity contribution in [1.29, 1.82) is 0 Å². The van der Waals surface area contributed by atoms with E-state index in [0.29, 0.717) is 0 Å². The Morgan fingerprint density at radius 3 is 2.26 bits per heavy atom. The molecule has 1 rings (SSSR count). The highest BCUT2D eigenvalue weighted by atomic mass is 31.2. The van der Waals surface area contributed by atoms with Gasteiger partial charge in [-0.25, -0.2) is 0 Å². The van der Waals surface area contributed by atoms with Crippen LogP contribution in [-0.2, 0) is 18.4 Å². The van der Waals surface area contributed by atoms with E-state index in [1.165, 1.54) is 6.08 Å². The van der Waals surface area contributed by atoms with Crippen molar-refractivity contribution in [3.05, 3.63) is 42.0 Å². The Labute approximate surface area is 114 Å². The summed E-state index contributed by atoms with van der Waals surface area (Å²) in [5.41, 5.74) is 0.915. The van der Waals surface area contributed by atoms with Gasteiger partial charge in [0, 0.05) is 0 Å². The van der Waals surface area contributed by atoms with Crippen LogP contribution < -0.4 is 0 Å². The molecule has 0 amide bonds. The lowest BCUT2D eigenvalue weighted by atomic mass is 10.2. The molecule has 0 bridgehead atoms. The average molecular weight is 282 g/mol. The zero-order valence-electron chi connectivity index (χ0n) is 11.2. The summed E-state index contributed by atoms with van der Waals surface area (Å²) in [7, 11) is -3.30. The number of benzene rings is 1. The highest BCUT2D eigenvalue weighted by Crippen LogP contribution is 2.47. The van der Waals surface area contributed by atoms with Crippen molar-refractivity contribution in [3.8, 4) is 0 Å². The third-order valence-corrected chi connectivity index (χ3v) is 4.26. The molecule has 0 aromatic heterocycles. The Morgan fingerprint density at radius 1 is 1.16 bits per heavy atom. The third kappa shape index (κ3) is 5.97. The predicted octanol–water partition coefficient (Wildman–Crippen LogP) is 3.54. The number of rotatable bonds is 8. The quantitative estimate of drug-likeness (QED) is 0.540. The van der Waals surface area contributed by atoms with E-state index in [-0.39, 0.29) is 25.2 Å². The van der Waals surface area contributed by atoms with Crippen LogP contribution in [0.15, 0.2) is 36.4 Å². The SMILES string of the molecule is CCOP(=O)(CC(=O)/C=C/c1ccccc1)OCC. The van der Waals surface area contributed by atoms with Gasteiger partial charge in [-0.05, 0) is 25.5 Å². The number of allylic oxidation sites excluding steroid dienone is 1. The van der Waals surface area contributed by atoms with Crippen molar-refractivity contribution in [3.63, 3.8) is 0 Å². The van der Waals surface area contributed by atoms with Gasteiger partial charge in [-0.2, -0.15) is 0 Å². The largest absolute Gasteiger partial charge is 0.338 e. The number of ketones is 1. The molecule has 0 heterocycles. The van der Waals surface area contributed by atoms with Crippen molar-refractivity contribution in [2.45, 2.75) is 13.8 Å². The molecule has 0 fully saturated rings. The fraction of sp³-hybridized carbons (Fsp3) is 0.357. The Morgan fingerprint density at radius 2 is 1.74 bits per heavy atom. The summed E-state index contributed by atoms with van der Waals surface area (Å²) in [5, 5.41) is 0. The first-order valence-electron chi connectivity index (χ1n) is 6.23. The Kier molecular flexibility index (Phi) is 6.71. The van der Waals surface area contributed by atoms with Gasteiger partial charge in [-0.15, -0.1) is 0 Å². The molecule has 0 aliphatic heterocycles. The molecule has 0 aliphatic rings. The standard InChI is InChI=1S/C14H19O4P/c1-3-17-19(16,18-4-2)12-14(15)11-10-13-8-6-5-7-9-13/h5-11H,3-4,12H2,1-2H3/b11-10+. The lowest BCUT2D eigenvalue weighted by molar-refractivity contribution is -0.112. The van der Waals surface area contributed by atoms with Crippen molar-refractivity contribution in [2.75, 3.05) is 19.4 Å². The molecule has 0 unspecified atom stereocenters. The van der Waals surface area contributed by atoms with Crippen molar-refractivity contribution < 1.29 is 18.4 Å². The van der Waals surface area contributed by atoms with Crippen LogP contribution in [0.25, 0.3) is 6.08 Å². The van der Waals surface area contributed by atoms with E-state index in [9.17, 15) is 9.36 Å². The van der Waals surface area contributed by atoms with Crippen LogP contribution in [0.1, 0.15) is 19.4 Å². The second-order valence-electron chi connectivity index (χ2n) is 3.81. The van der Waals surface area contributed by atoms with Crippen LogP contribution in [-0.4, -0.2) is 25.2 Å². The zero-order chi connectivity index (χ0) is 14.1. The van der Waals surface area contributed by atoms with Crippen LogP contribution in [0.5, 0.6) is 0 Å². The number of hydrogen-bond acceptors (Lipinski definition) is 4. The Hall–Kier alpha value is -1.22. The van der Waals surface area contributed by atoms with E-state index in [0.717, 1.165) is 5.56 Å². The maximum absolute atomic E-state index is 12.1. The first-order chi connectivity index (χ1) is 9.09. The van der Waals surface area contributed by atoms with Gasteiger partial charge in [-0.3, -0.25) is 9.36 Å². The molecule has 0 N–H and O–H groups in total. The molecule has 0 saturated heterocycles. The lowest BCUT2D eigenvalue weighted by Gasteiger charge is -2.15. The summed E-state index contributed by atoms with van der Waals surface area (Å²) in [5.74, 6) is -0.269. The van der Waals surface area contributed by atoms with Crippen molar-refractivity contribution >= 4 is 19.5 Å². The second-order valence-corrected chi connectivity index (χ2v) is 5.87. The van der Waals surface area contributed by atoms with Gasteiger partial charge in [0.05, 0.1) is 13.2 Å². The topological polar surface area (TPSA) is 52.6 Å². The van der Waals surface area contributed by atoms with Crippen LogP contribution in [0.2, 0.25) is 0 Å². The van der Waals surface area contributed by atoms with Crippen molar-refractivity contribution in [2.24, 2.45) is 0 Å². The molecule has 0 aliphatic carbocycles. The lowest BCUT2D eigenvalue weighted by Crippen LogP contribution is -2.07. The highest BCUT2D eigenvalue weighted by Gasteiger charge is 2.26. The zero-order valence-corrected chi connectivity index (χ0v) is 12.1. The van der Waals surface area contributed by atoms with Crippen LogP contribution in [0.3, 0.4) is 0 Å². The maximum atomic E-state index is 12.1. The molecule has 0 atom stereocenters. The van der Waals surface area contributed by atoms with Gasteiger partial charge in [0.15, 0.2) is 5.78 Å². The van der Waals surface area contributed by atoms with Gasteiger partial charge in [0.2, 0.25) is 0 Å². The first kappa shape index (κ1) is 15.8. The highest BCUT2D eigenvalue weighted by molar-refractivity contribution is 7.54. The molecule has 19 heavy (non-hydrogen) atoms. The van der Waals surface area contributed by atoms with E-state index in [1.54, 1.807) is 19.9 Å². The number of hydrogen-bond donors (Lipinski definition) is 0. The van der Waals surface area contributed by atoms with Gasteiger partial charge < -0.3 is 9.05 Å². The maximum Gasteiger partial charge on any atom is 0.338 e. The third-order valence-electron chi connectivity index (χ3n) is 2.26. The Bertz CT molecular complexity index is 458. The minimum absolute atomic E-state index is 0.224. The van der Waals surface area contributed by atoms with Gasteiger partial charge in [-0.1, -0.05) is 36.4 Å². The summed E-state index contributed by atoms with van der Waals surface area (Å²) in [6.45, 7) is 3.95. The predicted molar refractivity (Wildman–Crippen MR) is 76.2 cm³/mol. The van der Waals surface area contributed by atoms with E-state index in [4.69, 9.17) is 9.05 Å². The van der Waals surface area contributed by atoms with E-state index >= 15 is 0 Å². The monoisotopic (exact) mass is 282 g/mol.